The zero-order valence-electron chi connectivity index (χ0n) is 27.2. The zero-order valence-corrected chi connectivity index (χ0v) is 29.7. The first kappa shape index (κ1) is 38.0. The second-order valence-corrected chi connectivity index (χ2v) is 18.2. The summed E-state index contributed by atoms with van der Waals surface area (Å²) < 4.78 is 58.3. The highest BCUT2D eigenvalue weighted by Gasteiger charge is 2.39. The molecule has 0 saturated carbocycles. The summed E-state index contributed by atoms with van der Waals surface area (Å²) in [6, 6.07) is 13.6. The van der Waals surface area contributed by atoms with Gasteiger partial charge in [-0.3, -0.25) is 0 Å². The van der Waals surface area contributed by atoms with Crippen molar-refractivity contribution in [3.8, 4) is 0 Å². The largest absolute Gasteiger partial charge is 0.444 e. The minimum absolute atomic E-state index is 0. The summed E-state index contributed by atoms with van der Waals surface area (Å²) in [4.78, 5) is 12.9. The topological polar surface area (TPSA) is 139 Å². The summed E-state index contributed by atoms with van der Waals surface area (Å²) >= 11 is 0. The third kappa shape index (κ3) is 9.17. The average molecular weight is 673 g/mol. The predicted octanol–water partition coefficient (Wildman–Crippen LogP) is 5.12. The van der Waals surface area contributed by atoms with Crippen LogP contribution in [-0.4, -0.2) is 62.3 Å². The minimum Gasteiger partial charge on any atom is -0.444 e. The fourth-order valence-corrected chi connectivity index (χ4v) is 7.91. The molecular formula is C31H49ClN4O6S2. The van der Waals surface area contributed by atoms with E-state index in [9.17, 15) is 21.6 Å². The van der Waals surface area contributed by atoms with Gasteiger partial charge in [0.15, 0.2) is 0 Å². The van der Waals surface area contributed by atoms with Crippen molar-refractivity contribution in [1.82, 2.24) is 13.9 Å². The van der Waals surface area contributed by atoms with E-state index in [1.54, 1.807) is 45.0 Å². The highest BCUT2D eigenvalue weighted by Crippen LogP contribution is 2.33. The molecule has 2 aromatic rings. The van der Waals surface area contributed by atoms with E-state index in [0.717, 1.165) is 11.1 Å². The van der Waals surface area contributed by atoms with E-state index in [0.29, 0.717) is 29.4 Å². The molecule has 4 rings (SSSR count). The number of alkyl carbamates (subject to hydrolysis) is 1. The van der Waals surface area contributed by atoms with Crippen molar-refractivity contribution < 1.29 is 26.4 Å². The third-order valence-corrected chi connectivity index (χ3v) is 11.3. The lowest BCUT2D eigenvalue weighted by Gasteiger charge is -2.34. The first-order chi connectivity index (χ1) is 19.5. The number of fused-ring (bicyclic) bond motifs is 2. The van der Waals surface area contributed by atoms with Crippen LogP contribution < -0.4 is 11.1 Å². The highest BCUT2D eigenvalue weighted by atomic mass is 35.5. The number of amides is 1. The highest BCUT2D eigenvalue weighted by molar-refractivity contribution is 7.89. The molecule has 44 heavy (non-hydrogen) atoms. The molecule has 10 nitrogen and oxygen atoms in total. The Kier molecular flexibility index (Phi) is 11.8. The van der Waals surface area contributed by atoms with Crippen LogP contribution in [0, 0.1) is 10.8 Å². The molecule has 1 amide bonds. The molecule has 3 N–H and O–H groups in total. The maximum atomic E-state index is 12.7. The predicted molar refractivity (Wildman–Crippen MR) is 175 cm³/mol. The molecule has 0 aliphatic carbocycles. The summed E-state index contributed by atoms with van der Waals surface area (Å²) in [5, 5.41) is 2.84. The minimum atomic E-state index is -3.53. The second-order valence-electron chi connectivity index (χ2n) is 14.3. The smallest absolute Gasteiger partial charge is 0.407 e. The number of nitrogens with two attached hydrogens (primary N) is 1. The first-order valence-electron chi connectivity index (χ1n) is 14.4. The molecule has 2 aliphatic heterocycles. The van der Waals surface area contributed by atoms with E-state index < -0.39 is 31.7 Å². The number of hydrogen-bond donors (Lipinski definition) is 2. The van der Waals surface area contributed by atoms with Crippen molar-refractivity contribution in [2.24, 2.45) is 16.6 Å². The normalized spacial score (nSPS) is 19.0. The van der Waals surface area contributed by atoms with Gasteiger partial charge in [0, 0.05) is 32.2 Å². The quantitative estimate of drug-likeness (QED) is 0.450. The number of sulfonamides is 2. The monoisotopic (exact) mass is 672 g/mol. The fraction of sp³-hybridized carbons (Fsp3) is 0.581. The lowest BCUT2D eigenvalue weighted by atomic mass is 9.86. The lowest BCUT2D eigenvalue weighted by Crippen LogP contribution is -2.51. The summed E-state index contributed by atoms with van der Waals surface area (Å²) in [7, 11) is -6.88. The molecular weight excluding hydrogens is 624 g/mol. The number of hydrogen-bond acceptors (Lipinski definition) is 7. The van der Waals surface area contributed by atoms with Crippen LogP contribution in [0.15, 0.2) is 58.3 Å². The van der Waals surface area contributed by atoms with Crippen LogP contribution in [0.5, 0.6) is 0 Å². The van der Waals surface area contributed by atoms with Crippen molar-refractivity contribution in [2.75, 3.05) is 13.1 Å². The van der Waals surface area contributed by atoms with Crippen LogP contribution in [0.25, 0.3) is 0 Å². The number of halogens is 1. The molecule has 2 atom stereocenters. The van der Waals surface area contributed by atoms with Gasteiger partial charge in [-0.05, 0) is 54.9 Å². The second kappa shape index (κ2) is 13.6. The number of nitrogens with zero attached hydrogens (tertiary/aromatic N) is 2. The van der Waals surface area contributed by atoms with Gasteiger partial charge in [-0.15, -0.1) is 12.4 Å². The van der Waals surface area contributed by atoms with Crippen molar-refractivity contribution in [3.63, 3.8) is 0 Å². The molecule has 2 heterocycles. The van der Waals surface area contributed by atoms with Gasteiger partial charge < -0.3 is 15.8 Å². The standard InChI is InChI=1S/C18H28N2O4S.C13H20N2O2S.ClH/c1-17(2,3)15(19-16(21)24-18(4,5)6)12-20-11-13-9-7-8-10-14(13)25(20,22)23;1-13(2,3)12(14)9-15-8-10-6-4-5-7-11(10)18(15,16)17;/h7-10,15H,11-12H2,1-6H3,(H,19,21);4-7,12H,8-9,14H2,1-3H3;1H/t15-;12-;/m11./s1. The van der Waals surface area contributed by atoms with Crippen LogP contribution in [0.4, 0.5) is 4.79 Å². The van der Waals surface area contributed by atoms with Crippen LogP contribution in [-0.2, 0) is 37.9 Å². The SMILES string of the molecule is CC(C)(C)OC(=O)N[C@H](CN1Cc2ccccc2S1(=O)=O)C(C)(C)C.CC(C)(C)[C@H](N)CN1Cc2ccccc2S1(=O)=O.Cl. The third-order valence-electron chi connectivity index (χ3n) is 7.51. The maximum Gasteiger partial charge on any atom is 0.407 e. The van der Waals surface area contributed by atoms with Crippen molar-refractivity contribution in [2.45, 2.75) is 103 Å². The fourth-order valence-electron chi connectivity index (χ4n) is 4.61. The van der Waals surface area contributed by atoms with Crippen LogP contribution in [0.3, 0.4) is 0 Å². The molecule has 0 spiro atoms. The van der Waals surface area contributed by atoms with Gasteiger partial charge in [0.05, 0.1) is 15.8 Å². The average Bonchev–Trinajstić information content (AvgIpc) is 3.25. The van der Waals surface area contributed by atoms with E-state index in [-0.39, 0.29) is 41.9 Å². The Morgan fingerprint density at radius 1 is 0.773 bits per heavy atom. The van der Waals surface area contributed by atoms with Crippen molar-refractivity contribution in [3.05, 3.63) is 59.7 Å². The summed E-state index contributed by atoms with van der Waals surface area (Å²) in [6.45, 7) is 18.6. The number of carbonyl (C=O) groups is 1. The molecule has 0 radical (unpaired) electrons. The number of rotatable bonds is 5. The maximum absolute atomic E-state index is 12.7. The molecule has 248 valence electrons. The van der Waals surface area contributed by atoms with E-state index in [4.69, 9.17) is 10.5 Å². The van der Waals surface area contributed by atoms with Crippen LogP contribution >= 0.6 is 12.4 Å². The molecule has 0 saturated heterocycles. The number of carbonyl (C=O) groups excluding carboxylic acids is 1. The molecule has 2 aromatic carbocycles. The number of ether oxygens (including phenoxy) is 1. The Morgan fingerprint density at radius 2 is 1.18 bits per heavy atom. The Labute approximate surface area is 270 Å². The van der Waals surface area contributed by atoms with Crippen LogP contribution in [0.1, 0.15) is 73.4 Å². The van der Waals surface area contributed by atoms with Gasteiger partial charge in [0.1, 0.15) is 5.60 Å². The van der Waals surface area contributed by atoms with Gasteiger partial charge in [0.2, 0.25) is 20.0 Å². The lowest BCUT2D eigenvalue weighted by molar-refractivity contribution is 0.0452. The van der Waals surface area contributed by atoms with E-state index >= 15 is 0 Å². The van der Waals surface area contributed by atoms with Gasteiger partial charge in [0.25, 0.3) is 0 Å². The number of benzene rings is 2. The molecule has 0 aromatic heterocycles. The summed E-state index contributed by atoms with van der Waals surface area (Å²) in [5.74, 6) is 0. The zero-order chi connectivity index (χ0) is 32.6. The van der Waals surface area contributed by atoms with Gasteiger partial charge in [-0.1, -0.05) is 77.9 Å². The van der Waals surface area contributed by atoms with Gasteiger partial charge in [-0.25, -0.2) is 21.6 Å². The van der Waals surface area contributed by atoms with Crippen LogP contribution in [0.2, 0.25) is 0 Å². The molecule has 2 aliphatic rings. The molecule has 0 unspecified atom stereocenters. The van der Waals surface area contributed by atoms with Gasteiger partial charge >= 0.3 is 6.09 Å². The molecule has 0 fully saturated rings. The molecule has 13 heteroatoms. The Bertz CT molecular complexity index is 1530. The van der Waals surface area contributed by atoms with E-state index in [2.05, 4.69) is 5.32 Å². The van der Waals surface area contributed by atoms with Crippen molar-refractivity contribution >= 4 is 38.5 Å². The van der Waals surface area contributed by atoms with E-state index in [1.807, 2.05) is 65.8 Å². The Hall–Kier alpha value is -2.22. The van der Waals surface area contributed by atoms with Gasteiger partial charge in [-0.2, -0.15) is 8.61 Å². The van der Waals surface area contributed by atoms with Crippen molar-refractivity contribution in [1.29, 1.82) is 0 Å². The Balaban J connectivity index is 0.000000315. The summed E-state index contributed by atoms with van der Waals surface area (Å²) in [6.07, 6.45) is -0.540. The van der Waals surface area contributed by atoms with E-state index in [1.165, 1.54) is 8.61 Å². The Morgan fingerprint density at radius 3 is 1.55 bits per heavy atom. The number of nitrogens with one attached hydrogen (secondary N) is 1. The molecule has 0 bridgehead atoms. The first-order valence-corrected chi connectivity index (χ1v) is 17.3. The summed E-state index contributed by atoms with van der Waals surface area (Å²) in [5.41, 5.74) is 6.68.